The molecule has 0 aromatic carbocycles. The number of aromatic nitrogens is 3. The van der Waals surface area contributed by atoms with E-state index in [2.05, 4.69) is 25.6 Å². The molecule has 2 aliphatic rings. The van der Waals surface area contributed by atoms with Gasteiger partial charge in [-0.15, -0.1) is 12.4 Å². The van der Waals surface area contributed by atoms with Gasteiger partial charge in [-0.1, -0.05) is 0 Å². The van der Waals surface area contributed by atoms with Crippen LogP contribution in [-0.4, -0.2) is 33.9 Å². The number of amides is 1. The molecule has 1 aliphatic heterocycles. The first-order valence-electron chi connectivity index (χ1n) is 9.55. The number of carbonyl (C=O) groups excluding carboxylic acids is 1. The average Bonchev–Trinajstić information content (AvgIpc) is 3.18. The van der Waals surface area contributed by atoms with Crippen molar-refractivity contribution in [1.29, 1.82) is 0 Å². The molecule has 0 bridgehead atoms. The van der Waals surface area contributed by atoms with Crippen LogP contribution >= 0.6 is 12.4 Å². The molecule has 29 heavy (non-hydrogen) atoms. The van der Waals surface area contributed by atoms with E-state index >= 15 is 0 Å². The predicted molar refractivity (Wildman–Crippen MR) is 116 cm³/mol. The van der Waals surface area contributed by atoms with Gasteiger partial charge in [0.25, 0.3) is 0 Å². The predicted octanol–water partition coefficient (Wildman–Crippen LogP) is 2.94. The van der Waals surface area contributed by atoms with Gasteiger partial charge >= 0.3 is 0 Å². The monoisotopic (exact) mass is 410 g/mol. The highest BCUT2D eigenvalue weighted by atomic mass is 35.5. The Bertz CT molecular complexity index is 1100. The van der Waals surface area contributed by atoms with E-state index in [-0.39, 0.29) is 29.6 Å². The molecular formula is C21H23ClN6O. The Morgan fingerprint density at radius 2 is 2.21 bits per heavy atom. The van der Waals surface area contributed by atoms with Crippen LogP contribution in [0, 0.1) is 18.3 Å². The second-order valence-corrected chi connectivity index (χ2v) is 7.91. The largest absolute Gasteiger partial charge is 0.383 e. The van der Waals surface area contributed by atoms with Crippen LogP contribution in [0.2, 0.25) is 0 Å². The van der Waals surface area contributed by atoms with Crippen LogP contribution in [0.5, 0.6) is 0 Å². The number of aryl methyl sites for hydroxylation is 1. The maximum absolute atomic E-state index is 12.6. The van der Waals surface area contributed by atoms with Gasteiger partial charge in [-0.3, -0.25) is 9.78 Å². The molecule has 1 aliphatic carbocycles. The van der Waals surface area contributed by atoms with E-state index < -0.39 is 0 Å². The molecule has 2 unspecified atom stereocenters. The number of nitrogens with one attached hydrogen (secondary N) is 2. The second-order valence-electron chi connectivity index (χ2n) is 7.91. The summed E-state index contributed by atoms with van der Waals surface area (Å²) in [6.07, 6.45) is 7.25. The van der Waals surface area contributed by atoms with Crippen LogP contribution < -0.4 is 16.4 Å². The summed E-state index contributed by atoms with van der Waals surface area (Å²) in [6, 6.07) is 5.77. The number of anilines is 2. The number of nitrogen functional groups attached to an aromatic ring is 1. The Labute approximate surface area is 174 Å². The van der Waals surface area contributed by atoms with Gasteiger partial charge in [0.05, 0.1) is 5.69 Å². The van der Waals surface area contributed by atoms with E-state index in [9.17, 15) is 4.79 Å². The van der Waals surface area contributed by atoms with Crippen LogP contribution in [0.3, 0.4) is 0 Å². The van der Waals surface area contributed by atoms with Crippen LogP contribution in [0.4, 0.5) is 11.6 Å². The number of nitrogens with zero attached hydrogens (tertiary/aromatic N) is 3. The fourth-order valence-electron chi connectivity index (χ4n) is 4.28. The van der Waals surface area contributed by atoms with Crippen LogP contribution in [-0.2, 0) is 4.79 Å². The Morgan fingerprint density at radius 1 is 1.34 bits per heavy atom. The zero-order valence-corrected chi connectivity index (χ0v) is 16.9. The Hall–Kier alpha value is -2.77. The van der Waals surface area contributed by atoms with Gasteiger partial charge in [0.1, 0.15) is 11.6 Å². The summed E-state index contributed by atoms with van der Waals surface area (Å²) in [6.45, 7) is 3.95. The fraction of sp³-hybridized carbons (Fsp3) is 0.333. The van der Waals surface area contributed by atoms with Crippen molar-refractivity contribution in [3.8, 4) is 11.3 Å². The SMILES string of the molecule is Cc1ccncc1-c1cc2cc(NC(=O)C3CC34CCNC4)ncc2c(N)n1.Cl. The summed E-state index contributed by atoms with van der Waals surface area (Å²) in [5.41, 5.74) is 9.11. The molecule has 4 heterocycles. The van der Waals surface area contributed by atoms with Gasteiger partial charge in [0, 0.05) is 42.0 Å². The quantitative estimate of drug-likeness (QED) is 0.613. The topological polar surface area (TPSA) is 106 Å². The summed E-state index contributed by atoms with van der Waals surface area (Å²) in [5, 5.41) is 8.01. The molecule has 0 radical (unpaired) electrons. The number of hydrogen-bond acceptors (Lipinski definition) is 6. The summed E-state index contributed by atoms with van der Waals surface area (Å²) in [5.74, 6) is 1.10. The minimum absolute atomic E-state index is 0. The van der Waals surface area contributed by atoms with Crippen molar-refractivity contribution in [3.05, 3.63) is 42.4 Å². The second kappa shape index (κ2) is 7.24. The molecule has 8 heteroatoms. The van der Waals surface area contributed by atoms with Crippen LogP contribution in [0.1, 0.15) is 18.4 Å². The lowest BCUT2D eigenvalue weighted by molar-refractivity contribution is -0.118. The number of carbonyl (C=O) groups is 1. The number of pyridine rings is 3. The standard InChI is InChI=1S/C21H22N6O.ClH/c1-12-2-4-23-9-14(12)17-6-13-7-18(25-10-15(13)19(22)26-17)27-20(28)16-8-21(16)3-5-24-11-21;/h2,4,6-7,9-10,16,24H,3,5,8,11H2,1H3,(H2,22,26)(H,25,27,28);1H. The Morgan fingerprint density at radius 3 is 2.97 bits per heavy atom. The Kier molecular flexibility index (Phi) is 4.88. The van der Waals surface area contributed by atoms with E-state index in [1.54, 1.807) is 18.6 Å². The Balaban J connectivity index is 0.00000205. The molecule has 5 rings (SSSR count). The van der Waals surface area contributed by atoms with Gasteiger partial charge in [0.15, 0.2) is 0 Å². The highest BCUT2D eigenvalue weighted by molar-refractivity contribution is 5.98. The average molecular weight is 411 g/mol. The molecule has 2 atom stereocenters. The molecule has 1 saturated carbocycles. The molecule has 4 N–H and O–H groups in total. The first kappa shape index (κ1) is 19.5. The van der Waals surface area contributed by atoms with E-state index in [0.29, 0.717) is 11.6 Å². The highest BCUT2D eigenvalue weighted by Crippen LogP contribution is 2.56. The lowest BCUT2D eigenvalue weighted by Crippen LogP contribution is -2.20. The molecule has 7 nitrogen and oxygen atoms in total. The minimum Gasteiger partial charge on any atom is -0.383 e. The van der Waals surface area contributed by atoms with Gasteiger partial charge in [-0.2, -0.15) is 0 Å². The minimum atomic E-state index is 0. The van der Waals surface area contributed by atoms with Gasteiger partial charge < -0.3 is 16.4 Å². The van der Waals surface area contributed by atoms with E-state index in [4.69, 9.17) is 5.73 Å². The molecule has 1 saturated heterocycles. The maximum Gasteiger partial charge on any atom is 0.229 e. The molecule has 3 aromatic heterocycles. The first-order valence-corrected chi connectivity index (χ1v) is 9.55. The molecule has 150 valence electrons. The van der Waals surface area contributed by atoms with Gasteiger partial charge in [-0.05, 0) is 60.9 Å². The van der Waals surface area contributed by atoms with E-state index in [1.807, 2.05) is 25.1 Å². The summed E-state index contributed by atoms with van der Waals surface area (Å²) in [4.78, 5) is 25.7. The van der Waals surface area contributed by atoms with E-state index in [0.717, 1.165) is 53.5 Å². The number of hydrogen-bond donors (Lipinski definition) is 3. The number of halogens is 1. The maximum atomic E-state index is 12.6. The van der Waals surface area contributed by atoms with Crippen molar-refractivity contribution < 1.29 is 4.79 Å². The van der Waals surface area contributed by atoms with Crippen LogP contribution in [0.15, 0.2) is 36.8 Å². The third-order valence-electron chi connectivity index (χ3n) is 6.09. The normalized spacial score (nSPS) is 22.4. The van der Waals surface area contributed by atoms with Crippen LogP contribution in [0.25, 0.3) is 22.0 Å². The van der Waals surface area contributed by atoms with Gasteiger partial charge in [-0.25, -0.2) is 9.97 Å². The molecule has 2 fully saturated rings. The molecule has 1 spiro atoms. The van der Waals surface area contributed by atoms with Crippen molar-refractivity contribution in [3.63, 3.8) is 0 Å². The van der Waals surface area contributed by atoms with Crippen molar-refractivity contribution in [1.82, 2.24) is 20.3 Å². The zero-order chi connectivity index (χ0) is 19.3. The fourth-order valence-corrected chi connectivity index (χ4v) is 4.28. The van der Waals surface area contributed by atoms with Crippen molar-refractivity contribution >= 4 is 40.7 Å². The lowest BCUT2D eigenvalue weighted by Gasteiger charge is -2.11. The number of fused-ring (bicyclic) bond motifs is 1. The number of nitrogens with two attached hydrogens (primary N) is 1. The third-order valence-corrected chi connectivity index (χ3v) is 6.09. The zero-order valence-electron chi connectivity index (χ0n) is 16.1. The lowest BCUT2D eigenvalue weighted by atomic mass is 10.0. The summed E-state index contributed by atoms with van der Waals surface area (Å²) in [7, 11) is 0. The van der Waals surface area contributed by atoms with Crippen molar-refractivity contribution in [2.24, 2.45) is 11.3 Å². The van der Waals surface area contributed by atoms with Gasteiger partial charge in [0.2, 0.25) is 5.91 Å². The molecular weight excluding hydrogens is 388 g/mol. The van der Waals surface area contributed by atoms with E-state index in [1.165, 1.54) is 0 Å². The first-order chi connectivity index (χ1) is 13.6. The molecule has 1 amide bonds. The summed E-state index contributed by atoms with van der Waals surface area (Å²) >= 11 is 0. The molecule has 3 aromatic rings. The number of rotatable bonds is 3. The smallest absolute Gasteiger partial charge is 0.229 e. The van der Waals surface area contributed by atoms with Crippen molar-refractivity contribution in [2.45, 2.75) is 19.8 Å². The highest BCUT2D eigenvalue weighted by Gasteiger charge is 2.58. The summed E-state index contributed by atoms with van der Waals surface area (Å²) < 4.78 is 0. The third kappa shape index (κ3) is 3.41. The van der Waals surface area contributed by atoms with Crippen molar-refractivity contribution in [2.75, 3.05) is 24.1 Å².